The van der Waals surface area contributed by atoms with Gasteiger partial charge in [0.1, 0.15) is 17.2 Å². The average Bonchev–Trinajstić information content (AvgIpc) is 3.17. The molecule has 1 heterocycles. The molecule has 0 aromatic heterocycles. The van der Waals surface area contributed by atoms with Gasteiger partial charge >= 0.3 is 0 Å². The van der Waals surface area contributed by atoms with E-state index in [4.69, 9.17) is 9.47 Å². The highest BCUT2D eigenvalue weighted by Gasteiger charge is 2.36. The second-order valence-corrected chi connectivity index (χ2v) is 7.51. The Balaban J connectivity index is 1.40. The number of para-hydroxylation sites is 1. The molecule has 31 heavy (non-hydrogen) atoms. The molecule has 1 aliphatic rings. The molecule has 3 aromatic carbocycles. The zero-order chi connectivity index (χ0) is 21.8. The Bertz CT molecular complexity index is 1080. The van der Waals surface area contributed by atoms with Gasteiger partial charge in [0.2, 0.25) is 11.8 Å². The molecule has 1 fully saturated rings. The van der Waals surface area contributed by atoms with Gasteiger partial charge in [0.05, 0.1) is 18.7 Å². The number of methoxy groups -OCH3 is 1. The molecule has 1 aliphatic heterocycles. The first-order valence-electron chi connectivity index (χ1n) is 10.1. The first-order chi connectivity index (χ1) is 15.0. The second kappa shape index (κ2) is 8.92. The fourth-order valence-corrected chi connectivity index (χ4v) is 3.60. The van der Waals surface area contributed by atoms with E-state index in [1.807, 2.05) is 55.5 Å². The van der Waals surface area contributed by atoms with E-state index >= 15 is 0 Å². The minimum absolute atomic E-state index is 0.0874. The fraction of sp³-hybridized carbons (Fsp3) is 0.200. The summed E-state index contributed by atoms with van der Waals surface area (Å²) in [4.78, 5) is 27.0. The summed E-state index contributed by atoms with van der Waals surface area (Å²) in [5.74, 6) is 1.34. The van der Waals surface area contributed by atoms with Gasteiger partial charge in [-0.25, -0.2) is 0 Å². The second-order valence-electron chi connectivity index (χ2n) is 7.51. The van der Waals surface area contributed by atoms with Crippen molar-refractivity contribution in [3.8, 4) is 17.2 Å². The van der Waals surface area contributed by atoms with Crippen LogP contribution in [0.25, 0.3) is 0 Å². The van der Waals surface area contributed by atoms with Crippen molar-refractivity contribution in [2.75, 3.05) is 23.9 Å². The van der Waals surface area contributed by atoms with Crippen LogP contribution in [-0.2, 0) is 9.59 Å². The molecule has 0 aliphatic carbocycles. The van der Waals surface area contributed by atoms with Crippen molar-refractivity contribution in [3.05, 3.63) is 78.4 Å². The number of hydrogen-bond acceptors (Lipinski definition) is 4. The van der Waals surface area contributed by atoms with Crippen molar-refractivity contribution in [1.82, 2.24) is 0 Å². The van der Waals surface area contributed by atoms with E-state index in [1.165, 1.54) is 0 Å². The van der Waals surface area contributed by atoms with Crippen molar-refractivity contribution in [1.29, 1.82) is 0 Å². The summed E-state index contributed by atoms with van der Waals surface area (Å²) in [7, 11) is 1.57. The molecule has 4 rings (SSSR count). The van der Waals surface area contributed by atoms with Crippen LogP contribution in [0.4, 0.5) is 11.4 Å². The van der Waals surface area contributed by atoms with E-state index < -0.39 is 5.92 Å². The standard InChI is InChI=1S/C25H24N2O4/c1-17-8-13-23(30-2)22(14-17)27-16-18(15-24(27)28)25(29)26-19-9-11-21(12-10-19)31-20-6-4-3-5-7-20/h3-14,18H,15-16H2,1-2H3,(H,26,29). The number of aryl methyl sites for hydroxylation is 1. The number of rotatable bonds is 6. The Labute approximate surface area is 181 Å². The number of benzene rings is 3. The van der Waals surface area contributed by atoms with Crippen LogP contribution >= 0.6 is 0 Å². The van der Waals surface area contributed by atoms with Gasteiger partial charge < -0.3 is 19.7 Å². The third-order valence-electron chi connectivity index (χ3n) is 5.22. The Hall–Kier alpha value is -3.80. The van der Waals surface area contributed by atoms with Gasteiger partial charge in [-0.05, 0) is 61.0 Å². The van der Waals surface area contributed by atoms with Crippen molar-refractivity contribution in [3.63, 3.8) is 0 Å². The summed E-state index contributed by atoms with van der Waals surface area (Å²) in [5.41, 5.74) is 2.38. The number of anilines is 2. The Morgan fingerprint density at radius 1 is 1.00 bits per heavy atom. The molecule has 0 saturated carbocycles. The molecule has 1 atom stereocenters. The van der Waals surface area contributed by atoms with Crippen LogP contribution in [0.2, 0.25) is 0 Å². The van der Waals surface area contributed by atoms with E-state index in [-0.39, 0.29) is 18.2 Å². The zero-order valence-corrected chi connectivity index (χ0v) is 17.5. The molecular weight excluding hydrogens is 392 g/mol. The lowest BCUT2D eigenvalue weighted by molar-refractivity contribution is -0.122. The maximum absolute atomic E-state index is 12.8. The smallest absolute Gasteiger partial charge is 0.229 e. The first kappa shape index (κ1) is 20.5. The van der Waals surface area contributed by atoms with E-state index in [9.17, 15) is 9.59 Å². The Morgan fingerprint density at radius 2 is 1.71 bits per heavy atom. The molecule has 1 saturated heterocycles. The van der Waals surface area contributed by atoms with E-state index in [0.29, 0.717) is 29.4 Å². The molecule has 1 N–H and O–H groups in total. The van der Waals surface area contributed by atoms with Crippen LogP contribution in [0.5, 0.6) is 17.2 Å². The number of carbonyl (C=O) groups is 2. The topological polar surface area (TPSA) is 67.9 Å². The number of hydrogen-bond donors (Lipinski definition) is 1. The lowest BCUT2D eigenvalue weighted by atomic mass is 10.1. The molecule has 3 aromatic rings. The third kappa shape index (κ3) is 4.69. The van der Waals surface area contributed by atoms with Crippen LogP contribution in [0.1, 0.15) is 12.0 Å². The summed E-state index contributed by atoms with van der Waals surface area (Å²) >= 11 is 0. The molecular formula is C25H24N2O4. The summed E-state index contributed by atoms with van der Waals surface area (Å²) in [6.45, 7) is 2.28. The van der Waals surface area contributed by atoms with Crippen LogP contribution in [0, 0.1) is 12.8 Å². The van der Waals surface area contributed by atoms with Crippen LogP contribution in [0.3, 0.4) is 0 Å². The third-order valence-corrected chi connectivity index (χ3v) is 5.22. The van der Waals surface area contributed by atoms with Crippen molar-refractivity contribution < 1.29 is 19.1 Å². The number of nitrogens with one attached hydrogen (secondary N) is 1. The number of ether oxygens (including phenoxy) is 2. The first-order valence-corrected chi connectivity index (χ1v) is 10.1. The highest BCUT2D eigenvalue weighted by Crippen LogP contribution is 2.34. The molecule has 0 bridgehead atoms. The van der Waals surface area contributed by atoms with Gasteiger partial charge in [-0.3, -0.25) is 9.59 Å². The van der Waals surface area contributed by atoms with Crippen LogP contribution in [-0.4, -0.2) is 25.5 Å². The zero-order valence-electron chi connectivity index (χ0n) is 17.5. The molecule has 6 nitrogen and oxygen atoms in total. The van der Waals surface area contributed by atoms with Crippen molar-refractivity contribution in [2.45, 2.75) is 13.3 Å². The number of carbonyl (C=O) groups excluding carboxylic acids is 2. The normalized spacial score (nSPS) is 15.6. The van der Waals surface area contributed by atoms with E-state index in [1.54, 1.807) is 36.3 Å². The molecule has 6 heteroatoms. The molecule has 158 valence electrons. The highest BCUT2D eigenvalue weighted by atomic mass is 16.5. The van der Waals surface area contributed by atoms with Gasteiger partial charge in [0.25, 0.3) is 0 Å². The Morgan fingerprint density at radius 3 is 2.42 bits per heavy atom. The molecule has 1 unspecified atom stereocenters. The SMILES string of the molecule is COc1ccc(C)cc1N1CC(C(=O)Nc2ccc(Oc3ccccc3)cc2)CC1=O. The summed E-state index contributed by atoms with van der Waals surface area (Å²) in [5, 5.41) is 2.90. The lowest BCUT2D eigenvalue weighted by Crippen LogP contribution is -2.28. The maximum Gasteiger partial charge on any atom is 0.229 e. The summed E-state index contributed by atoms with van der Waals surface area (Å²) in [6.07, 6.45) is 0.165. The predicted octanol–water partition coefficient (Wildman–Crippen LogP) is 4.79. The summed E-state index contributed by atoms with van der Waals surface area (Å²) in [6, 6.07) is 22.3. The minimum atomic E-state index is -0.432. The highest BCUT2D eigenvalue weighted by molar-refractivity contribution is 6.04. The van der Waals surface area contributed by atoms with Gasteiger partial charge in [-0.2, -0.15) is 0 Å². The molecule has 0 radical (unpaired) electrons. The largest absolute Gasteiger partial charge is 0.495 e. The van der Waals surface area contributed by atoms with Crippen LogP contribution in [0.15, 0.2) is 72.8 Å². The maximum atomic E-state index is 12.8. The van der Waals surface area contributed by atoms with Gasteiger partial charge in [0, 0.05) is 18.7 Å². The Kier molecular flexibility index (Phi) is 5.89. The number of nitrogens with zero attached hydrogens (tertiary/aromatic N) is 1. The predicted molar refractivity (Wildman–Crippen MR) is 120 cm³/mol. The van der Waals surface area contributed by atoms with E-state index in [0.717, 1.165) is 11.3 Å². The van der Waals surface area contributed by atoms with Gasteiger partial charge in [0.15, 0.2) is 0 Å². The molecule has 0 spiro atoms. The van der Waals surface area contributed by atoms with E-state index in [2.05, 4.69) is 5.32 Å². The quantitative estimate of drug-likeness (QED) is 0.628. The monoisotopic (exact) mass is 416 g/mol. The number of amides is 2. The fourth-order valence-electron chi connectivity index (χ4n) is 3.60. The average molecular weight is 416 g/mol. The lowest BCUT2D eigenvalue weighted by Gasteiger charge is -2.20. The summed E-state index contributed by atoms with van der Waals surface area (Å²) < 4.78 is 11.2. The molecule has 2 amide bonds. The van der Waals surface area contributed by atoms with Gasteiger partial charge in [-0.1, -0.05) is 24.3 Å². The minimum Gasteiger partial charge on any atom is -0.495 e. The van der Waals surface area contributed by atoms with Gasteiger partial charge in [-0.15, -0.1) is 0 Å². The van der Waals surface area contributed by atoms with Crippen molar-refractivity contribution in [2.24, 2.45) is 5.92 Å². The van der Waals surface area contributed by atoms with Crippen molar-refractivity contribution >= 4 is 23.2 Å². The van der Waals surface area contributed by atoms with Crippen LogP contribution < -0.4 is 19.7 Å².